The number of carbonyl (C=O) groups excluding carboxylic acids is 2. The van der Waals surface area contributed by atoms with Crippen molar-refractivity contribution in [3.63, 3.8) is 0 Å². The molecule has 0 radical (unpaired) electrons. The molecule has 0 aromatic carbocycles. The highest BCUT2D eigenvalue weighted by Gasteiger charge is 2.11. The van der Waals surface area contributed by atoms with Crippen LogP contribution in [0.15, 0.2) is 12.1 Å². The maximum atomic E-state index is 11.8. The van der Waals surface area contributed by atoms with E-state index in [2.05, 4.69) is 20.3 Å². The third kappa shape index (κ3) is 5.07. The van der Waals surface area contributed by atoms with Crippen LogP contribution in [0.1, 0.15) is 16.3 Å². The molecule has 0 fully saturated rings. The zero-order valence-corrected chi connectivity index (χ0v) is 13.5. The van der Waals surface area contributed by atoms with Crippen LogP contribution in [0.2, 0.25) is 4.34 Å². The Kier molecular flexibility index (Phi) is 5.66. The summed E-state index contributed by atoms with van der Waals surface area (Å²) in [4.78, 5) is 23.7. The highest BCUT2D eigenvalue weighted by atomic mass is 35.5. The lowest BCUT2D eigenvalue weighted by Gasteiger charge is -1.98. The van der Waals surface area contributed by atoms with Gasteiger partial charge in [-0.15, -0.1) is 21.5 Å². The first-order valence-electron chi connectivity index (χ1n) is 6.00. The van der Waals surface area contributed by atoms with E-state index in [0.717, 1.165) is 4.88 Å². The minimum atomic E-state index is -0.301. The highest BCUT2D eigenvalue weighted by molar-refractivity contribution is 7.16. The molecule has 1 N–H and O–H groups in total. The zero-order chi connectivity index (χ0) is 15.2. The van der Waals surface area contributed by atoms with Gasteiger partial charge < -0.3 is 10.1 Å². The molecule has 0 aliphatic rings. The molecule has 2 aromatic rings. The van der Waals surface area contributed by atoms with Crippen LogP contribution >= 0.6 is 34.3 Å². The normalized spacial score (nSPS) is 10.4. The molecule has 2 rings (SSSR count). The van der Waals surface area contributed by atoms with Crippen LogP contribution < -0.4 is 5.32 Å². The van der Waals surface area contributed by atoms with E-state index < -0.39 is 0 Å². The summed E-state index contributed by atoms with van der Waals surface area (Å²) in [5, 5.41) is 11.6. The van der Waals surface area contributed by atoms with Gasteiger partial charge >= 0.3 is 5.97 Å². The van der Waals surface area contributed by atoms with Crippen molar-refractivity contribution in [2.45, 2.75) is 19.3 Å². The number of ether oxygens (including phenoxy) is 1. The maximum Gasteiger partial charge on any atom is 0.305 e. The third-order valence-corrected chi connectivity index (χ3v) is 4.58. The van der Waals surface area contributed by atoms with Gasteiger partial charge in [-0.25, -0.2) is 0 Å². The first-order valence-corrected chi connectivity index (χ1v) is 8.01. The van der Waals surface area contributed by atoms with Gasteiger partial charge in [-0.1, -0.05) is 22.9 Å². The molecule has 0 aliphatic heterocycles. The smallest absolute Gasteiger partial charge is 0.305 e. The van der Waals surface area contributed by atoms with Gasteiger partial charge in [0.25, 0.3) is 0 Å². The Hall–Kier alpha value is -1.51. The molecule has 1 amide bonds. The van der Waals surface area contributed by atoms with Gasteiger partial charge in [-0.3, -0.25) is 9.59 Å². The number of thiophene rings is 1. The number of carbonyl (C=O) groups is 2. The van der Waals surface area contributed by atoms with Crippen molar-refractivity contribution < 1.29 is 14.3 Å². The number of methoxy groups -OCH3 is 1. The van der Waals surface area contributed by atoms with Crippen molar-refractivity contribution >= 4 is 51.3 Å². The number of nitrogens with zero attached hydrogens (tertiary/aromatic N) is 2. The van der Waals surface area contributed by atoms with E-state index in [9.17, 15) is 9.59 Å². The average molecular weight is 346 g/mol. The Morgan fingerprint density at radius 3 is 2.81 bits per heavy atom. The lowest BCUT2D eigenvalue weighted by molar-refractivity contribution is -0.140. The van der Waals surface area contributed by atoms with E-state index >= 15 is 0 Å². The van der Waals surface area contributed by atoms with Crippen molar-refractivity contribution in [2.24, 2.45) is 0 Å². The fourth-order valence-electron chi connectivity index (χ4n) is 1.48. The Labute approximate surface area is 134 Å². The summed E-state index contributed by atoms with van der Waals surface area (Å²) in [7, 11) is 1.34. The summed E-state index contributed by atoms with van der Waals surface area (Å²) in [5.41, 5.74) is 0. The standard InChI is InChI=1S/C12H12ClN3O3S2/c1-19-11(18)5-4-10-15-16-12(21-10)14-9(17)6-7-2-3-8(13)20-7/h2-3H,4-6H2,1H3,(H,14,16,17). The number of rotatable bonds is 6. The van der Waals surface area contributed by atoms with Gasteiger partial charge in [0.2, 0.25) is 11.0 Å². The SMILES string of the molecule is COC(=O)CCc1nnc(NC(=O)Cc2ccc(Cl)s2)s1. The van der Waals surface area contributed by atoms with Crippen LogP contribution in [0.25, 0.3) is 0 Å². The molecule has 0 spiro atoms. The number of esters is 1. The molecule has 9 heteroatoms. The van der Waals surface area contributed by atoms with E-state index in [1.54, 1.807) is 6.07 Å². The number of hydrogen-bond acceptors (Lipinski definition) is 7. The minimum absolute atomic E-state index is 0.177. The molecule has 0 unspecified atom stereocenters. The topological polar surface area (TPSA) is 81.2 Å². The van der Waals surface area contributed by atoms with E-state index in [-0.39, 0.29) is 24.7 Å². The second-order valence-corrected chi connectivity index (χ2v) is 6.87. The molecule has 0 aliphatic carbocycles. The zero-order valence-electron chi connectivity index (χ0n) is 11.1. The van der Waals surface area contributed by atoms with Crippen molar-refractivity contribution in [3.05, 3.63) is 26.4 Å². The molecule has 0 bridgehead atoms. The first kappa shape index (κ1) is 15.9. The molecule has 112 valence electrons. The van der Waals surface area contributed by atoms with Crippen LogP contribution in [-0.4, -0.2) is 29.2 Å². The molecule has 0 atom stereocenters. The molecule has 2 heterocycles. The van der Waals surface area contributed by atoms with Gasteiger partial charge in [0.05, 0.1) is 24.3 Å². The lowest BCUT2D eigenvalue weighted by atomic mass is 10.3. The Morgan fingerprint density at radius 2 is 2.14 bits per heavy atom. The van der Waals surface area contributed by atoms with Crippen LogP contribution in [0.5, 0.6) is 0 Å². The van der Waals surface area contributed by atoms with Crippen molar-refractivity contribution in [2.75, 3.05) is 12.4 Å². The summed E-state index contributed by atoms with van der Waals surface area (Å²) in [6.45, 7) is 0. The lowest BCUT2D eigenvalue weighted by Crippen LogP contribution is -2.13. The van der Waals surface area contributed by atoms with Crippen LogP contribution in [0, 0.1) is 0 Å². The molecular weight excluding hydrogens is 334 g/mol. The minimum Gasteiger partial charge on any atom is -0.469 e. The monoisotopic (exact) mass is 345 g/mol. The maximum absolute atomic E-state index is 11.8. The van der Waals surface area contributed by atoms with Crippen molar-refractivity contribution in [3.8, 4) is 0 Å². The third-order valence-electron chi connectivity index (χ3n) is 2.45. The molecule has 21 heavy (non-hydrogen) atoms. The second-order valence-electron chi connectivity index (χ2n) is 4.01. The van der Waals surface area contributed by atoms with Gasteiger partial charge in [0, 0.05) is 11.3 Å². The fraction of sp³-hybridized carbons (Fsp3) is 0.333. The first-order chi connectivity index (χ1) is 10.1. The number of anilines is 1. The molecule has 6 nitrogen and oxygen atoms in total. The van der Waals surface area contributed by atoms with Crippen molar-refractivity contribution in [1.29, 1.82) is 0 Å². The van der Waals surface area contributed by atoms with Gasteiger partial charge in [0.1, 0.15) is 5.01 Å². The summed E-state index contributed by atoms with van der Waals surface area (Å²) in [6, 6.07) is 3.57. The van der Waals surface area contributed by atoms with Gasteiger partial charge in [0.15, 0.2) is 0 Å². The Morgan fingerprint density at radius 1 is 1.33 bits per heavy atom. The quantitative estimate of drug-likeness (QED) is 0.814. The van der Waals surface area contributed by atoms with Crippen LogP contribution in [0.4, 0.5) is 5.13 Å². The highest BCUT2D eigenvalue weighted by Crippen LogP contribution is 2.22. The van der Waals surface area contributed by atoms with Crippen LogP contribution in [0.3, 0.4) is 0 Å². The number of aryl methyl sites for hydroxylation is 1. The van der Waals surface area contributed by atoms with Gasteiger partial charge in [-0.2, -0.15) is 0 Å². The predicted molar refractivity (Wildman–Crippen MR) is 81.9 cm³/mol. The van der Waals surface area contributed by atoms with E-state index in [4.69, 9.17) is 11.6 Å². The van der Waals surface area contributed by atoms with E-state index in [0.29, 0.717) is 20.9 Å². The summed E-state index contributed by atoms with van der Waals surface area (Å²) in [6.07, 6.45) is 0.933. The Bertz CT molecular complexity index is 641. The second kappa shape index (κ2) is 7.48. The number of nitrogens with one attached hydrogen (secondary N) is 1. The average Bonchev–Trinajstić information content (AvgIpc) is 3.05. The number of hydrogen-bond donors (Lipinski definition) is 1. The fourth-order valence-corrected chi connectivity index (χ4v) is 3.33. The number of halogens is 1. The number of amides is 1. The predicted octanol–water partition coefficient (Wildman–Crippen LogP) is 2.54. The van der Waals surface area contributed by atoms with Crippen molar-refractivity contribution in [1.82, 2.24) is 10.2 Å². The molecule has 0 saturated heterocycles. The molecule has 0 saturated carbocycles. The van der Waals surface area contributed by atoms with E-state index in [1.165, 1.54) is 29.8 Å². The summed E-state index contributed by atoms with van der Waals surface area (Å²) >= 11 is 8.42. The molecule has 2 aromatic heterocycles. The number of aromatic nitrogens is 2. The van der Waals surface area contributed by atoms with E-state index in [1.807, 2.05) is 6.07 Å². The summed E-state index contributed by atoms with van der Waals surface area (Å²) < 4.78 is 5.20. The summed E-state index contributed by atoms with van der Waals surface area (Å²) in [5.74, 6) is -0.477. The largest absolute Gasteiger partial charge is 0.469 e. The Balaban J connectivity index is 1.84. The molecular formula is C12H12ClN3O3S2. The van der Waals surface area contributed by atoms with Crippen LogP contribution in [-0.2, 0) is 27.2 Å². The van der Waals surface area contributed by atoms with Gasteiger partial charge in [-0.05, 0) is 12.1 Å².